The third-order valence-electron chi connectivity index (χ3n) is 3.59. The second kappa shape index (κ2) is 4.96. The minimum Gasteiger partial charge on any atom is -0.368 e. The van der Waals surface area contributed by atoms with E-state index in [1.54, 1.807) is 0 Å². The van der Waals surface area contributed by atoms with Crippen LogP contribution in [0.4, 0.5) is 11.8 Å². The molecule has 1 amide bonds. The van der Waals surface area contributed by atoms with Gasteiger partial charge in [-0.15, -0.1) is 0 Å². The molecule has 6 heteroatoms. The maximum Gasteiger partial charge on any atom is 0.242 e. The molecule has 6 nitrogen and oxygen atoms in total. The Hall–Kier alpha value is -2.37. The first-order valence-corrected chi connectivity index (χ1v) is 6.77. The van der Waals surface area contributed by atoms with Gasteiger partial charge < -0.3 is 16.0 Å². The number of carbonyl (C=O) groups is 1. The summed E-state index contributed by atoms with van der Waals surface area (Å²) < 4.78 is 0. The highest BCUT2D eigenvalue weighted by Gasteiger charge is 2.30. The predicted molar refractivity (Wildman–Crippen MR) is 78.4 cm³/mol. The first kappa shape index (κ1) is 12.7. The molecule has 2 heterocycles. The van der Waals surface area contributed by atoms with Gasteiger partial charge in [0.1, 0.15) is 11.9 Å². The van der Waals surface area contributed by atoms with Gasteiger partial charge in [-0.1, -0.05) is 19.1 Å². The molecule has 1 aliphatic heterocycles. The Morgan fingerprint density at radius 2 is 2.20 bits per heavy atom. The quantitative estimate of drug-likeness (QED) is 0.848. The van der Waals surface area contributed by atoms with E-state index < -0.39 is 0 Å². The summed E-state index contributed by atoms with van der Waals surface area (Å²) in [7, 11) is 0. The molecule has 0 aliphatic carbocycles. The van der Waals surface area contributed by atoms with E-state index in [4.69, 9.17) is 5.73 Å². The van der Waals surface area contributed by atoms with Crippen molar-refractivity contribution in [3.63, 3.8) is 0 Å². The molecule has 1 unspecified atom stereocenters. The zero-order chi connectivity index (χ0) is 14.1. The van der Waals surface area contributed by atoms with Crippen LogP contribution in [0.1, 0.15) is 13.3 Å². The van der Waals surface area contributed by atoms with E-state index in [2.05, 4.69) is 15.3 Å². The number of piperazine rings is 1. The summed E-state index contributed by atoms with van der Waals surface area (Å²) >= 11 is 0. The van der Waals surface area contributed by atoms with Gasteiger partial charge in [0.25, 0.3) is 0 Å². The van der Waals surface area contributed by atoms with Crippen LogP contribution >= 0.6 is 0 Å². The molecule has 2 aromatic rings. The zero-order valence-electron chi connectivity index (χ0n) is 11.3. The first-order chi connectivity index (χ1) is 9.70. The van der Waals surface area contributed by atoms with Gasteiger partial charge in [0.15, 0.2) is 0 Å². The number of amides is 1. The summed E-state index contributed by atoms with van der Waals surface area (Å²) in [5, 5.41) is 3.82. The van der Waals surface area contributed by atoms with Crippen LogP contribution in [0, 0.1) is 0 Å². The van der Waals surface area contributed by atoms with E-state index in [0.29, 0.717) is 6.54 Å². The van der Waals surface area contributed by atoms with Gasteiger partial charge in [-0.3, -0.25) is 4.79 Å². The molecule has 1 saturated heterocycles. The highest BCUT2D eigenvalue weighted by atomic mass is 16.2. The summed E-state index contributed by atoms with van der Waals surface area (Å²) in [6.45, 7) is 3.34. The first-order valence-electron chi connectivity index (χ1n) is 6.77. The van der Waals surface area contributed by atoms with Crippen LogP contribution in [0.2, 0.25) is 0 Å². The second-order valence-electron chi connectivity index (χ2n) is 4.83. The summed E-state index contributed by atoms with van der Waals surface area (Å²) in [4.78, 5) is 22.6. The number of benzene rings is 1. The van der Waals surface area contributed by atoms with Crippen molar-refractivity contribution >= 4 is 28.6 Å². The average Bonchev–Trinajstić information content (AvgIpc) is 2.46. The van der Waals surface area contributed by atoms with Gasteiger partial charge in [-0.2, -0.15) is 4.98 Å². The Kier molecular flexibility index (Phi) is 3.14. The standard InChI is InChI=1S/C14H17N5O/c1-2-11-13(20)16-7-8-19(11)12-9-5-3-4-6-10(9)17-14(15)18-12/h3-6,11H,2,7-8H2,1H3,(H,16,20)(H2,15,17,18). The predicted octanol–water partition coefficient (Wildman–Crippen LogP) is 0.927. The average molecular weight is 271 g/mol. The Balaban J connectivity index is 2.15. The van der Waals surface area contributed by atoms with E-state index >= 15 is 0 Å². The van der Waals surface area contributed by atoms with Crippen molar-refractivity contribution < 1.29 is 4.79 Å². The van der Waals surface area contributed by atoms with Crippen molar-refractivity contribution in [2.75, 3.05) is 23.7 Å². The Bertz CT molecular complexity index is 657. The highest BCUT2D eigenvalue weighted by Crippen LogP contribution is 2.27. The smallest absolute Gasteiger partial charge is 0.242 e. The molecule has 3 rings (SSSR count). The van der Waals surface area contributed by atoms with E-state index in [1.807, 2.05) is 36.1 Å². The molecule has 0 radical (unpaired) electrons. The number of hydrogen-bond donors (Lipinski definition) is 2. The van der Waals surface area contributed by atoms with Crippen LogP contribution in [-0.4, -0.2) is 35.0 Å². The number of nitrogens with two attached hydrogens (primary N) is 1. The van der Waals surface area contributed by atoms with Gasteiger partial charge in [0.05, 0.1) is 5.52 Å². The lowest BCUT2D eigenvalue weighted by Crippen LogP contribution is -2.55. The van der Waals surface area contributed by atoms with E-state index in [0.717, 1.165) is 29.7 Å². The van der Waals surface area contributed by atoms with E-state index in [1.165, 1.54) is 0 Å². The normalized spacial score (nSPS) is 19.1. The lowest BCUT2D eigenvalue weighted by atomic mass is 10.1. The second-order valence-corrected chi connectivity index (χ2v) is 4.83. The van der Waals surface area contributed by atoms with Crippen molar-refractivity contribution in [1.29, 1.82) is 0 Å². The number of nitrogen functional groups attached to an aromatic ring is 1. The largest absolute Gasteiger partial charge is 0.368 e. The fraction of sp³-hybridized carbons (Fsp3) is 0.357. The maximum atomic E-state index is 12.0. The molecule has 1 atom stereocenters. The van der Waals surface area contributed by atoms with E-state index in [9.17, 15) is 4.79 Å². The maximum absolute atomic E-state index is 12.0. The van der Waals surface area contributed by atoms with Crippen molar-refractivity contribution in [3.8, 4) is 0 Å². The van der Waals surface area contributed by atoms with Gasteiger partial charge in [0, 0.05) is 18.5 Å². The third kappa shape index (κ3) is 2.03. The fourth-order valence-corrected chi connectivity index (χ4v) is 2.67. The molecule has 3 N–H and O–H groups in total. The number of nitrogens with zero attached hydrogens (tertiary/aromatic N) is 3. The number of rotatable bonds is 2. The van der Waals surface area contributed by atoms with Gasteiger partial charge in [-0.05, 0) is 18.6 Å². The Labute approximate surface area is 117 Å². The number of fused-ring (bicyclic) bond motifs is 1. The van der Waals surface area contributed by atoms with Crippen molar-refractivity contribution in [1.82, 2.24) is 15.3 Å². The number of hydrogen-bond acceptors (Lipinski definition) is 5. The van der Waals surface area contributed by atoms with Crippen molar-refractivity contribution in [3.05, 3.63) is 24.3 Å². The summed E-state index contributed by atoms with van der Waals surface area (Å²) in [5.41, 5.74) is 6.61. The lowest BCUT2D eigenvalue weighted by Gasteiger charge is -2.35. The third-order valence-corrected chi connectivity index (χ3v) is 3.59. The molecule has 1 aliphatic rings. The van der Waals surface area contributed by atoms with Gasteiger partial charge in [0.2, 0.25) is 11.9 Å². The molecule has 1 aromatic heterocycles. The molecule has 1 fully saturated rings. The number of para-hydroxylation sites is 1. The summed E-state index contributed by atoms with van der Waals surface area (Å²) in [6.07, 6.45) is 0.726. The number of aromatic nitrogens is 2. The van der Waals surface area contributed by atoms with Crippen LogP contribution in [0.15, 0.2) is 24.3 Å². The van der Waals surface area contributed by atoms with Crippen LogP contribution < -0.4 is 16.0 Å². The van der Waals surface area contributed by atoms with Crippen molar-refractivity contribution in [2.45, 2.75) is 19.4 Å². The van der Waals surface area contributed by atoms with Gasteiger partial charge >= 0.3 is 0 Å². The molecule has 104 valence electrons. The Morgan fingerprint density at radius 1 is 1.40 bits per heavy atom. The Morgan fingerprint density at radius 3 is 3.00 bits per heavy atom. The molecule has 0 saturated carbocycles. The topological polar surface area (TPSA) is 84.1 Å². The van der Waals surface area contributed by atoms with Crippen LogP contribution in [0.3, 0.4) is 0 Å². The van der Waals surface area contributed by atoms with Crippen LogP contribution in [-0.2, 0) is 4.79 Å². The fourth-order valence-electron chi connectivity index (χ4n) is 2.67. The summed E-state index contributed by atoms with van der Waals surface area (Å²) in [6, 6.07) is 7.52. The minimum absolute atomic E-state index is 0.0417. The number of nitrogens with one attached hydrogen (secondary N) is 1. The van der Waals surface area contributed by atoms with Crippen LogP contribution in [0.5, 0.6) is 0 Å². The molecular formula is C14H17N5O. The molecular weight excluding hydrogens is 254 g/mol. The van der Waals surface area contributed by atoms with E-state index in [-0.39, 0.29) is 17.9 Å². The number of carbonyl (C=O) groups excluding carboxylic acids is 1. The SMILES string of the molecule is CCC1C(=O)NCCN1c1nc(N)nc2ccccc12. The molecule has 20 heavy (non-hydrogen) atoms. The summed E-state index contributed by atoms with van der Waals surface area (Å²) in [5.74, 6) is 1.02. The molecule has 0 spiro atoms. The highest BCUT2D eigenvalue weighted by molar-refractivity contribution is 5.94. The van der Waals surface area contributed by atoms with Crippen molar-refractivity contribution in [2.24, 2.45) is 0 Å². The van der Waals surface area contributed by atoms with Gasteiger partial charge in [-0.25, -0.2) is 4.98 Å². The monoisotopic (exact) mass is 271 g/mol. The molecule has 0 bridgehead atoms. The molecule has 1 aromatic carbocycles. The lowest BCUT2D eigenvalue weighted by molar-refractivity contribution is -0.123. The van der Waals surface area contributed by atoms with Crippen LogP contribution in [0.25, 0.3) is 10.9 Å². The number of anilines is 2. The minimum atomic E-state index is -0.207. The zero-order valence-corrected chi connectivity index (χ0v) is 11.3.